The molecule has 0 fully saturated rings. The summed E-state index contributed by atoms with van der Waals surface area (Å²) >= 11 is 5.79. The first-order valence-electron chi connectivity index (χ1n) is 3.49. The van der Waals surface area contributed by atoms with Crippen LogP contribution < -0.4 is 0 Å². The van der Waals surface area contributed by atoms with Crippen LogP contribution in [0.25, 0.3) is 6.08 Å². The Kier molecular flexibility index (Phi) is 3.35. The van der Waals surface area contributed by atoms with Gasteiger partial charge in [-0.25, -0.2) is 0 Å². The van der Waals surface area contributed by atoms with Gasteiger partial charge in [0.15, 0.2) is 0 Å². The van der Waals surface area contributed by atoms with E-state index in [1.165, 1.54) is 5.98 Å². The summed E-state index contributed by atoms with van der Waals surface area (Å²) in [7, 11) is -1.43. The van der Waals surface area contributed by atoms with Crippen molar-refractivity contribution in [2.75, 3.05) is 0 Å². The SMILES string of the molecule is OB(O)C=Cc1ccccc1Cl. The van der Waals surface area contributed by atoms with Gasteiger partial charge in [-0.15, -0.1) is 0 Å². The van der Waals surface area contributed by atoms with Gasteiger partial charge in [0.2, 0.25) is 0 Å². The van der Waals surface area contributed by atoms with E-state index in [0.29, 0.717) is 5.02 Å². The van der Waals surface area contributed by atoms with Crippen LogP contribution in [0.5, 0.6) is 0 Å². The van der Waals surface area contributed by atoms with Crippen molar-refractivity contribution in [1.29, 1.82) is 0 Å². The van der Waals surface area contributed by atoms with Crippen molar-refractivity contribution in [3.63, 3.8) is 0 Å². The van der Waals surface area contributed by atoms with Crippen molar-refractivity contribution >= 4 is 24.8 Å². The molecule has 12 heavy (non-hydrogen) atoms. The van der Waals surface area contributed by atoms with Gasteiger partial charge in [-0.05, 0) is 11.6 Å². The van der Waals surface area contributed by atoms with E-state index >= 15 is 0 Å². The predicted octanol–water partition coefficient (Wildman–Crippen LogP) is 1.37. The van der Waals surface area contributed by atoms with Gasteiger partial charge < -0.3 is 10.0 Å². The van der Waals surface area contributed by atoms with Crippen molar-refractivity contribution < 1.29 is 10.0 Å². The molecule has 0 aliphatic heterocycles. The van der Waals surface area contributed by atoms with Crippen LogP contribution in [0.1, 0.15) is 5.56 Å². The van der Waals surface area contributed by atoms with Gasteiger partial charge in [0.1, 0.15) is 0 Å². The maximum absolute atomic E-state index is 8.53. The lowest BCUT2D eigenvalue weighted by molar-refractivity contribution is 0.424. The molecular weight excluding hydrogens is 174 g/mol. The fourth-order valence-corrected chi connectivity index (χ4v) is 0.999. The normalized spacial score (nSPS) is 10.6. The van der Waals surface area contributed by atoms with Crippen LogP contribution in [0, 0.1) is 0 Å². The second-order valence-electron chi connectivity index (χ2n) is 2.29. The summed E-state index contributed by atoms with van der Waals surface area (Å²) in [5.74, 6) is 1.25. The lowest BCUT2D eigenvalue weighted by Crippen LogP contribution is -2.05. The maximum atomic E-state index is 8.53. The molecule has 1 aromatic carbocycles. The third-order valence-corrected chi connectivity index (χ3v) is 1.70. The highest BCUT2D eigenvalue weighted by Gasteiger charge is 1.99. The van der Waals surface area contributed by atoms with E-state index in [0.717, 1.165) is 5.56 Å². The van der Waals surface area contributed by atoms with Crippen LogP contribution in [0.3, 0.4) is 0 Å². The van der Waals surface area contributed by atoms with E-state index in [-0.39, 0.29) is 0 Å². The highest BCUT2D eigenvalue weighted by Crippen LogP contribution is 2.15. The molecule has 1 aromatic rings. The molecule has 0 spiro atoms. The van der Waals surface area contributed by atoms with E-state index in [9.17, 15) is 0 Å². The molecular formula is C8H8BClO2. The highest BCUT2D eigenvalue weighted by molar-refractivity contribution is 6.48. The standard InChI is InChI=1S/C8H8BClO2/c10-8-4-2-1-3-7(8)5-6-9(11)12/h1-6,11-12H. The second-order valence-corrected chi connectivity index (χ2v) is 2.70. The van der Waals surface area contributed by atoms with Crippen molar-refractivity contribution in [2.45, 2.75) is 0 Å². The zero-order valence-corrected chi connectivity index (χ0v) is 7.07. The van der Waals surface area contributed by atoms with Crippen molar-refractivity contribution in [1.82, 2.24) is 0 Å². The first-order chi connectivity index (χ1) is 5.70. The Hall–Kier alpha value is -0.765. The van der Waals surface area contributed by atoms with Gasteiger partial charge in [0, 0.05) is 5.02 Å². The van der Waals surface area contributed by atoms with Crippen LogP contribution in [0.15, 0.2) is 30.2 Å². The molecule has 0 unspecified atom stereocenters. The molecule has 0 amide bonds. The van der Waals surface area contributed by atoms with Crippen LogP contribution in [0.2, 0.25) is 5.02 Å². The number of halogens is 1. The lowest BCUT2D eigenvalue weighted by atomic mass is 9.91. The Bertz CT molecular complexity index is 286. The highest BCUT2D eigenvalue weighted by atomic mass is 35.5. The average molecular weight is 182 g/mol. The Morgan fingerprint density at radius 3 is 2.50 bits per heavy atom. The lowest BCUT2D eigenvalue weighted by Gasteiger charge is -1.95. The summed E-state index contributed by atoms with van der Waals surface area (Å²) in [4.78, 5) is 0. The molecule has 0 radical (unpaired) electrons. The molecule has 0 aliphatic carbocycles. The van der Waals surface area contributed by atoms with E-state index in [1.54, 1.807) is 18.2 Å². The number of benzene rings is 1. The molecule has 0 bridgehead atoms. The molecule has 62 valence electrons. The molecule has 0 atom stereocenters. The van der Waals surface area contributed by atoms with Crippen LogP contribution >= 0.6 is 11.6 Å². The average Bonchev–Trinajstić information content (AvgIpc) is 2.03. The van der Waals surface area contributed by atoms with Crippen LogP contribution in [-0.4, -0.2) is 17.2 Å². The Balaban J connectivity index is 2.82. The minimum absolute atomic E-state index is 0.592. The smallest absolute Gasteiger partial charge is 0.424 e. The number of hydrogen-bond acceptors (Lipinski definition) is 2. The van der Waals surface area contributed by atoms with Gasteiger partial charge >= 0.3 is 7.12 Å². The van der Waals surface area contributed by atoms with Crippen LogP contribution in [-0.2, 0) is 0 Å². The third-order valence-electron chi connectivity index (χ3n) is 1.35. The summed E-state index contributed by atoms with van der Waals surface area (Å²) in [6, 6.07) is 7.18. The van der Waals surface area contributed by atoms with Gasteiger partial charge in [0.05, 0.1) is 0 Å². The van der Waals surface area contributed by atoms with E-state index in [2.05, 4.69) is 0 Å². The largest absolute Gasteiger partial charge is 0.480 e. The molecule has 2 N–H and O–H groups in total. The monoisotopic (exact) mass is 182 g/mol. The Morgan fingerprint density at radius 2 is 1.92 bits per heavy atom. The van der Waals surface area contributed by atoms with Crippen molar-refractivity contribution in [2.24, 2.45) is 0 Å². The molecule has 4 heteroatoms. The van der Waals surface area contributed by atoms with Gasteiger partial charge in [0.25, 0.3) is 0 Å². The summed E-state index contributed by atoms with van der Waals surface area (Å²) < 4.78 is 0. The van der Waals surface area contributed by atoms with E-state index in [4.69, 9.17) is 21.6 Å². The summed E-state index contributed by atoms with van der Waals surface area (Å²) in [5, 5.41) is 17.7. The fraction of sp³-hybridized carbons (Fsp3) is 0. The third kappa shape index (κ3) is 2.70. The zero-order valence-electron chi connectivity index (χ0n) is 6.31. The predicted molar refractivity (Wildman–Crippen MR) is 50.7 cm³/mol. The zero-order chi connectivity index (χ0) is 8.97. The van der Waals surface area contributed by atoms with E-state index < -0.39 is 7.12 Å². The molecule has 1 rings (SSSR count). The maximum Gasteiger partial charge on any atom is 0.480 e. The first-order valence-corrected chi connectivity index (χ1v) is 3.87. The number of hydrogen-bond donors (Lipinski definition) is 2. The summed E-state index contributed by atoms with van der Waals surface area (Å²) in [6.45, 7) is 0. The fourth-order valence-electron chi connectivity index (χ4n) is 0.800. The molecule has 0 aromatic heterocycles. The van der Waals surface area contributed by atoms with Crippen molar-refractivity contribution in [3.05, 3.63) is 40.8 Å². The molecule has 0 heterocycles. The number of rotatable bonds is 2. The van der Waals surface area contributed by atoms with Gasteiger partial charge in [-0.3, -0.25) is 0 Å². The summed E-state index contributed by atoms with van der Waals surface area (Å²) in [5.41, 5.74) is 0.771. The molecule has 0 saturated heterocycles. The van der Waals surface area contributed by atoms with Crippen molar-refractivity contribution in [3.8, 4) is 0 Å². The minimum Gasteiger partial charge on any atom is -0.424 e. The molecule has 0 saturated carbocycles. The van der Waals surface area contributed by atoms with E-state index in [1.807, 2.05) is 12.1 Å². The Labute approximate surface area is 76.3 Å². The topological polar surface area (TPSA) is 40.5 Å². The molecule has 0 aliphatic rings. The second kappa shape index (κ2) is 4.31. The van der Waals surface area contributed by atoms with Gasteiger partial charge in [-0.1, -0.05) is 41.9 Å². The minimum atomic E-state index is -1.43. The quantitative estimate of drug-likeness (QED) is 0.678. The van der Waals surface area contributed by atoms with Gasteiger partial charge in [-0.2, -0.15) is 0 Å². The first kappa shape index (κ1) is 9.32. The summed E-state index contributed by atoms with van der Waals surface area (Å²) in [6.07, 6.45) is 1.56. The van der Waals surface area contributed by atoms with Crippen LogP contribution in [0.4, 0.5) is 0 Å². The molecule has 2 nitrogen and oxygen atoms in total. The Morgan fingerprint density at radius 1 is 1.25 bits per heavy atom.